The standard InChI is InChI=1S/C12H12O4/c1-8(2)7-16-10-6-4-3-5-9(10)11(13)12(14)15/h3-6H,1,7H2,2H3,(H,14,15). The topological polar surface area (TPSA) is 63.6 Å². The van der Waals surface area contributed by atoms with Crippen molar-refractivity contribution in [1.29, 1.82) is 0 Å². The maximum absolute atomic E-state index is 11.3. The number of hydrogen-bond acceptors (Lipinski definition) is 3. The molecule has 1 aromatic carbocycles. The van der Waals surface area contributed by atoms with Gasteiger partial charge in [-0.15, -0.1) is 0 Å². The lowest BCUT2D eigenvalue weighted by Crippen LogP contribution is -2.14. The van der Waals surface area contributed by atoms with Crippen molar-refractivity contribution < 1.29 is 19.4 Å². The molecule has 0 aliphatic rings. The zero-order valence-corrected chi connectivity index (χ0v) is 8.90. The van der Waals surface area contributed by atoms with Crippen LogP contribution in [0.4, 0.5) is 0 Å². The largest absolute Gasteiger partial charge is 0.488 e. The molecular formula is C12H12O4. The van der Waals surface area contributed by atoms with Gasteiger partial charge in [-0.05, 0) is 24.6 Å². The predicted octanol–water partition coefficient (Wildman–Crippen LogP) is 1.91. The molecule has 0 aromatic heterocycles. The number of rotatable bonds is 5. The predicted molar refractivity (Wildman–Crippen MR) is 58.7 cm³/mol. The van der Waals surface area contributed by atoms with Crippen LogP contribution >= 0.6 is 0 Å². The van der Waals surface area contributed by atoms with Gasteiger partial charge in [0.1, 0.15) is 12.4 Å². The first kappa shape index (κ1) is 12.0. The molecule has 0 bridgehead atoms. The van der Waals surface area contributed by atoms with Crippen molar-refractivity contribution in [3.8, 4) is 5.75 Å². The molecule has 0 saturated heterocycles. The van der Waals surface area contributed by atoms with Gasteiger partial charge in [0, 0.05) is 0 Å². The third-order valence-electron chi connectivity index (χ3n) is 1.80. The Morgan fingerprint density at radius 2 is 2.00 bits per heavy atom. The van der Waals surface area contributed by atoms with Crippen LogP contribution in [0.25, 0.3) is 0 Å². The highest BCUT2D eigenvalue weighted by atomic mass is 16.5. The summed E-state index contributed by atoms with van der Waals surface area (Å²) in [5.74, 6) is -2.21. The first-order chi connectivity index (χ1) is 7.52. The van der Waals surface area contributed by atoms with Crippen molar-refractivity contribution >= 4 is 11.8 Å². The third-order valence-corrected chi connectivity index (χ3v) is 1.80. The number of aliphatic carboxylic acids is 1. The molecule has 0 aliphatic carbocycles. The zero-order valence-electron chi connectivity index (χ0n) is 8.90. The fourth-order valence-electron chi connectivity index (χ4n) is 1.10. The van der Waals surface area contributed by atoms with Gasteiger partial charge >= 0.3 is 5.97 Å². The van der Waals surface area contributed by atoms with Gasteiger partial charge in [0.15, 0.2) is 0 Å². The van der Waals surface area contributed by atoms with Crippen LogP contribution in [-0.4, -0.2) is 23.5 Å². The van der Waals surface area contributed by atoms with Crippen molar-refractivity contribution in [3.05, 3.63) is 42.0 Å². The first-order valence-corrected chi connectivity index (χ1v) is 4.66. The number of benzene rings is 1. The van der Waals surface area contributed by atoms with E-state index in [1.807, 2.05) is 0 Å². The normalized spacial score (nSPS) is 9.56. The van der Waals surface area contributed by atoms with Gasteiger partial charge in [-0.2, -0.15) is 0 Å². The van der Waals surface area contributed by atoms with Crippen LogP contribution in [0.3, 0.4) is 0 Å². The van der Waals surface area contributed by atoms with E-state index in [4.69, 9.17) is 9.84 Å². The Kier molecular flexibility index (Phi) is 3.83. The van der Waals surface area contributed by atoms with Crippen LogP contribution in [0.5, 0.6) is 5.75 Å². The van der Waals surface area contributed by atoms with Crippen LogP contribution < -0.4 is 4.74 Å². The molecule has 0 radical (unpaired) electrons. The summed E-state index contributed by atoms with van der Waals surface area (Å²) < 4.78 is 5.29. The van der Waals surface area contributed by atoms with Crippen LogP contribution in [0.2, 0.25) is 0 Å². The van der Waals surface area contributed by atoms with Crippen LogP contribution in [0.15, 0.2) is 36.4 Å². The Morgan fingerprint density at radius 3 is 2.56 bits per heavy atom. The lowest BCUT2D eigenvalue weighted by molar-refractivity contribution is -0.131. The van der Waals surface area contributed by atoms with Crippen LogP contribution in [-0.2, 0) is 4.79 Å². The highest BCUT2D eigenvalue weighted by Crippen LogP contribution is 2.19. The molecule has 0 heterocycles. The number of para-hydroxylation sites is 1. The van der Waals surface area contributed by atoms with E-state index < -0.39 is 11.8 Å². The lowest BCUT2D eigenvalue weighted by atomic mass is 10.1. The Labute approximate surface area is 93.2 Å². The molecule has 0 saturated carbocycles. The summed E-state index contributed by atoms with van der Waals surface area (Å²) in [4.78, 5) is 21.9. The number of Topliss-reactive ketones (excluding diaryl/α,β-unsaturated/α-hetero) is 1. The van der Waals surface area contributed by atoms with Gasteiger partial charge in [-0.3, -0.25) is 4.79 Å². The highest BCUT2D eigenvalue weighted by molar-refractivity contribution is 6.40. The molecule has 1 aromatic rings. The zero-order chi connectivity index (χ0) is 12.1. The highest BCUT2D eigenvalue weighted by Gasteiger charge is 2.18. The smallest absolute Gasteiger partial charge is 0.377 e. The molecule has 0 fully saturated rings. The van der Waals surface area contributed by atoms with Crippen molar-refractivity contribution in [1.82, 2.24) is 0 Å². The van der Waals surface area contributed by atoms with Gasteiger partial charge in [0.2, 0.25) is 0 Å². The summed E-state index contributed by atoms with van der Waals surface area (Å²) in [6.07, 6.45) is 0. The van der Waals surface area contributed by atoms with Crippen molar-refractivity contribution in [2.45, 2.75) is 6.92 Å². The molecule has 0 amide bonds. The SMILES string of the molecule is C=C(C)COc1ccccc1C(=O)C(=O)O. The molecule has 0 unspecified atom stereocenters. The lowest BCUT2D eigenvalue weighted by Gasteiger charge is -2.08. The monoisotopic (exact) mass is 220 g/mol. The van der Waals surface area contributed by atoms with Gasteiger partial charge in [-0.1, -0.05) is 18.7 Å². The van der Waals surface area contributed by atoms with Gasteiger partial charge in [0.05, 0.1) is 5.56 Å². The quantitative estimate of drug-likeness (QED) is 0.467. The second kappa shape index (κ2) is 5.11. The second-order valence-electron chi connectivity index (χ2n) is 3.38. The van der Waals surface area contributed by atoms with E-state index in [-0.39, 0.29) is 17.9 Å². The van der Waals surface area contributed by atoms with E-state index in [0.717, 1.165) is 5.57 Å². The van der Waals surface area contributed by atoms with E-state index in [9.17, 15) is 9.59 Å². The Morgan fingerprint density at radius 1 is 1.38 bits per heavy atom. The fraction of sp³-hybridized carbons (Fsp3) is 0.167. The summed E-state index contributed by atoms with van der Waals surface area (Å²) in [5, 5.41) is 8.61. The average molecular weight is 220 g/mol. The number of carboxylic acid groups (broad SMARTS) is 1. The second-order valence-corrected chi connectivity index (χ2v) is 3.38. The van der Waals surface area contributed by atoms with Crippen molar-refractivity contribution in [3.63, 3.8) is 0 Å². The number of carboxylic acids is 1. The number of ether oxygens (including phenoxy) is 1. The summed E-state index contributed by atoms with van der Waals surface area (Å²) in [7, 11) is 0. The molecule has 4 nitrogen and oxygen atoms in total. The van der Waals surface area contributed by atoms with Crippen LogP contribution in [0.1, 0.15) is 17.3 Å². The fourth-order valence-corrected chi connectivity index (χ4v) is 1.10. The molecule has 84 valence electrons. The van der Waals surface area contributed by atoms with E-state index in [2.05, 4.69) is 6.58 Å². The van der Waals surface area contributed by atoms with E-state index in [1.165, 1.54) is 6.07 Å². The van der Waals surface area contributed by atoms with E-state index in [1.54, 1.807) is 25.1 Å². The molecule has 0 aliphatic heterocycles. The van der Waals surface area contributed by atoms with Crippen LogP contribution in [0, 0.1) is 0 Å². The van der Waals surface area contributed by atoms with Gasteiger partial charge < -0.3 is 9.84 Å². The van der Waals surface area contributed by atoms with Gasteiger partial charge in [-0.25, -0.2) is 4.79 Å². The summed E-state index contributed by atoms with van der Waals surface area (Å²) in [6.45, 7) is 5.69. The molecule has 1 N–H and O–H groups in total. The maximum Gasteiger partial charge on any atom is 0.377 e. The summed E-state index contributed by atoms with van der Waals surface area (Å²) in [6, 6.07) is 6.24. The number of ketones is 1. The number of hydrogen-bond donors (Lipinski definition) is 1. The summed E-state index contributed by atoms with van der Waals surface area (Å²) >= 11 is 0. The van der Waals surface area contributed by atoms with E-state index >= 15 is 0 Å². The third kappa shape index (κ3) is 2.95. The Balaban J connectivity index is 2.96. The van der Waals surface area contributed by atoms with Crippen molar-refractivity contribution in [2.24, 2.45) is 0 Å². The minimum absolute atomic E-state index is 0.0521. The molecular weight excluding hydrogens is 208 g/mol. The van der Waals surface area contributed by atoms with Gasteiger partial charge in [0.25, 0.3) is 5.78 Å². The molecule has 0 spiro atoms. The molecule has 16 heavy (non-hydrogen) atoms. The minimum Gasteiger partial charge on any atom is -0.488 e. The minimum atomic E-state index is -1.49. The maximum atomic E-state index is 11.3. The Bertz CT molecular complexity index is 434. The number of carbonyl (C=O) groups is 2. The summed E-state index contributed by atoms with van der Waals surface area (Å²) in [5.41, 5.74) is 0.842. The molecule has 1 rings (SSSR count). The first-order valence-electron chi connectivity index (χ1n) is 4.66. The van der Waals surface area contributed by atoms with Crippen molar-refractivity contribution in [2.75, 3.05) is 6.61 Å². The van der Waals surface area contributed by atoms with E-state index in [0.29, 0.717) is 0 Å². The average Bonchev–Trinajstić information content (AvgIpc) is 2.25. The molecule has 0 atom stereocenters. The molecule has 4 heteroatoms. The number of carbonyl (C=O) groups excluding carboxylic acids is 1. The Hall–Kier alpha value is -2.10.